The van der Waals surface area contributed by atoms with Crippen LogP contribution in [0, 0.1) is 0 Å². The van der Waals surface area contributed by atoms with Crippen molar-refractivity contribution in [1.29, 1.82) is 0 Å². The van der Waals surface area contributed by atoms with Crippen LogP contribution in [0.4, 0.5) is 8.78 Å². The first kappa shape index (κ1) is 9.35. The number of alkyl halides is 2. The maximum atomic E-state index is 12.1. The lowest BCUT2D eigenvalue weighted by molar-refractivity contribution is 0.145. The number of aliphatic hydroxyl groups excluding tert-OH is 1. The second-order valence-corrected chi connectivity index (χ2v) is 2.57. The van der Waals surface area contributed by atoms with Crippen molar-refractivity contribution in [1.82, 2.24) is 4.98 Å². The number of pyridine rings is 1. The molecular weight excluding hydrogens is 188 g/mol. The van der Waals surface area contributed by atoms with E-state index in [1.807, 2.05) is 0 Å². The molecule has 0 bridgehead atoms. The molecule has 0 atom stereocenters. The van der Waals surface area contributed by atoms with Gasteiger partial charge in [-0.15, -0.1) is 0 Å². The van der Waals surface area contributed by atoms with E-state index in [1.54, 1.807) is 0 Å². The molecule has 1 heterocycles. The van der Waals surface area contributed by atoms with Gasteiger partial charge in [0.25, 0.3) is 6.43 Å². The molecule has 0 aliphatic rings. The molecule has 1 aromatic rings. The average molecular weight is 194 g/mol. The zero-order chi connectivity index (χ0) is 9.14. The van der Waals surface area contributed by atoms with Crippen LogP contribution in [0.2, 0.25) is 5.15 Å². The molecule has 0 saturated heterocycles. The van der Waals surface area contributed by atoms with Crippen molar-refractivity contribution in [3.05, 3.63) is 28.5 Å². The second kappa shape index (κ2) is 3.78. The van der Waals surface area contributed by atoms with Gasteiger partial charge in [0.2, 0.25) is 0 Å². The maximum Gasteiger partial charge on any atom is 0.280 e. The summed E-state index contributed by atoms with van der Waals surface area (Å²) < 4.78 is 24.1. The van der Waals surface area contributed by atoms with Gasteiger partial charge in [0.1, 0.15) is 10.8 Å². The van der Waals surface area contributed by atoms with Crippen LogP contribution in [0.3, 0.4) is 0 Å². The Hall–Kier alpha value is -0.740. The first-order chi connectivity index (χ1) is 5.63. The molecule has 0 aliphatic carbocycles. The van der Waals surface area contributed by atoms with E-state index in [-0.39, 0.29) is 11.8 Å². The van der Waals surface area contributed by atoms with Crippen molar-refractivity contribution in [2.45, 2.75) is 13.0 Å². The predicted octanol–water partition coefficient (Wildman–Crippen LogP) is 2.16. The van der Waals surface area contributed by atoms with Crippen molar-refractivity contribution in [2.24, 2.45) is 0 Å². The molecule has 2 nitrogen and oxygen atoms in total. The largest absolute Gasteiger partial charge is 0.392 e. The SMILES string of the molecule is OCc1cc(Cl)nc(C(F)F)c1. The molecule has 1 aromatic heterocycles. The summed E-state index contributed by atoms with van der Waals surface area (Å²) in [5.74, 6) is 0. The number of hydrogen-bond donors (Lipinski definition) is 1. The Morgan fingerprint density at radius 1 is 1.50 bits per heavy atom. The third-order valence-electron chi connectivity index (χ3n) is 1.28. The minimum Gasteiger partial charge on any atom is -0.392 e. The molecule has 0 spiro atoms. The normalized spacial score (nSPS) is 10.8. The van der Waals surface area contributed by atoms with Crippen LogP contribution in [-0.2, 0) is 6.61 Å². The number of halogens is 3. The lowest BCUT2D eigenvalue weighted by Crippen LogP contribution is -1.93. The average Bonchev–Trinajstić information content (AvgIpc) is 2.03. The Morgan fingerprint density at radius 3 is 2.67 bits per heavy atom. The highest BCUT2D eigenvalue weighted by molar-refractivity contribution is 6.29. The number of nitrogens with zero attached hydrogens (tertiary/aromatic N) is 1. The van der Waals surface area contributed by atoms with Gasteiger partial charge in [-0.1, -0.05) is 11.6 Å². The lowest BCUT2D eigenvalue weighted by atomic mass is 10.2. The summed E-state index contributed by atoms with van der Waals surface area (Å²) in [6, 6.07) is 2.46. The van der Waals surface area contributed by atoms with Gasteiger partial charge in [0.15, 0.2) is 0 Å². The van der Waals surface area contributed by atoms with Gasteiger partial charge in [-0.3, -0.25) is 0 Å². The van der Waals surface area contributed by atoms with Gasteiger partial charge in [-0.25, -0.2) is 13.8 Å². The van der Waals surface area contributed by atoms with Crippen LogP contribution in [0.25, 0.3) is 0 Å². The number of hydrogen-bond acceptors (Lipinski definition) is 2. The fourth-order valence-electron chi connectivity index (χ4n) is 0.776. The topological polar surface area (TPSA) is 33.1 Å². The molecule has 0 amide bonds. The van der Waals surface area contributed by atoms with Crippen LogP contribution in [0.15, 0.2) is 12.1 Å². The summed E-state index contributed by atoms with van der Waals surface area (Å²) in [4.78, 5) is 3.39. The Morgan fingerprint density at radius 2 is 2.17 bits per heavy atom. The third kappa shape index (κ3) is 2.12. The molecule has 12 heavy (non-hydrogen) atoms. The minimum atomic E-state index is -2.66. The first-order valence-electron chi connectivity index (χ1n) is 3.19. The predicted molar refractivity (Wildman–Crippen MR) is 40.1 cm³/mol. The van der Waals surface area contributed by atoms with Crippen molar-refractivity contribution < 1.29 is 13.9 Å². The molecule has 5 heteroatoms. The summed E-state index contributed by atoms with van der Waals surface area (Å²) in [7, 11) is 0. The van der Waals surface area contributed by atoms with Crippen molar-refractivity contribution in [2.75, 3.05) is 0 Å². The summed E-state index contributed by atoms with van der Waals surface area (Å²) in [5.41, 5.74) is -0.0724. The molecule has 0 aromatic carbocycles. The smallest absolute Gasteiger partial charge is 0.280 e. The van der Waals surface area contributed by atoms with E-state index in [0.29, 0.717) is 5.56 Å². The maximum absolute atomic E-state index is 12.1. The fraction of sp³-hybridized carbons (Fsp3) is 0.286. The molecule has 0 radical (unpaired) electrons. The van der Waals surface area contributed by atoms with Crippen molar-refractivity contribution in [3.63, 3.8) is 0 Å². The summed E-state index contributed by atoms with van der Waals surface area (Å²) in [5, 5.41) is 8.61. The Balaban J connectivity index is 3.06. The van der Waals surface area contributed by atoms with E-state index in [1.165, 1.54) is 6.07 Å². The molecule has 0 fully saturated rings. The van der Waals surface area contributed by atoms with Crippen LogP contribution < -0.4 is 0 Å². The third-order valence-corrected chi connectivity index (χ3v) is 1.47. The second-order valence-electron chi connectivity index (χ2n) is 2.18. The number of aromatic nitrogens is 1. The van der Waals surface area contributed by atoms with Gasteiger partial charge in [0.05, 0.1) is 6.61 Å². The van der Waals surface area contributed by atoms with Gasteiger partial charge >= 0.3 is 0 Å². The van der Waals surface area contributed by atoms with Crippen LogP contribution in [-0.4, -0.2) is 10.1 Å². The molecule has 1 rings (SSSR count). The zero-order valence-electron chi connectivity index (χ0n) is 5.97. The van der Waals surface area contributed by atoms with Gasteiger partial charge in [-0.2, -0.15) is 0 Å². The van der Waals surface area contributed by atoms with E-state index in [4.69, 9.17) is 16.7 Å². The molecule has 0 saturated carbocycles. The number of aliphatic hydroxyl groups is 1. The quantitative estimate of drug-likeness (QED) is 0.731. The lowest BCUT2D eigenvalue weighted by Gasteiger charge is -2.01. The summed E-state index contributed by atoms with van der Waals surface area (Å²) in [6.07, 6.45) is -2.66. The van der Waals surface area contributed by atoms with E-state index in [0.717, 1.165) is 6.07 Å². The molecular formula is C7H6ClF2NO. The summed E-state index contributed by atoms with van der Waals surface area (Å²) >= 11 is 5.42. The fourth-order valence-corrected chi connectivity index (χ4v) is 1.01. The first-order valence-corrected chi connectivity index (χ1v) is 3.56. The van der Waals surface area contributed by atoms with Gasteiger partial charge < -0.3 is 5.11 Å². The van der Waals surface area contributed by atoms with Crippen molar-refractivity contribution in [3.8, 4) is 0 Å². The van der Waals surface area contributed by atoms with Crippen molar-refractivity contribution >= 4 is 11.6 Å². The van der Waals surface area contributed by atoms with Crippen LogP contribution >= 0.6 is 11.6 Å². The van der Waals surface area contributed by atoms with E-state index in [9.17, 15) is 8.78 Å². The van der Waals surface area contributed by atoms with E-state index >= 15 is 0 Å². The van der Waals surface area contributed by atoms with Crippen LogP contribution in [0.5, 0.6) is 0 Å². The molecule has 1 N–H and O–H groups in total. The molecule has 0 aliphatic heterocycles. The molecule has 0 unspecified atom stereocenters. The highest BCUT2D eigenvalue weighted by Crippen LogP contribution is 2.20. The van der Waals surface area contributed by atoms with Crippen LogP contribution in [0.1, 0.15) is 17.7 Å². The van der Waals surface area contributed by atoms with E-state index in [2.05, 4.69) is 4.98 Å². The van der Waals surface area contributed by atoms with E-state index < -0.39 is 12.1 Å². The Kier molecular flexibility index (Phi) is 2.94. The number of rotatable bonds is 2. The standard InChI is InChI=1S/C7H6ClF2NO/c8-6-2-4(3-12)1-5(11-6)7(9)10/h1-2,7,12H,3H2. The molecule has 66 valence electrons. The Bertz CT molecular complexity index is 280. The highest BCUT2D eigenvalue weighted by Gasteiger charge is 2.10. The summed E-state index contributed by atoms with van der Waals surface area (Å²) in [6.45, 7) is -0.318. The zero-order valence-corrected chi connectivity index (χ0v) is 6.72. The highest BCUT2D eigenvalue weighted by atomic mass is 35.5. The van der Waals surface area contributed by atoms with Gasteiger partial charge in [-0.05, 0) is 17.7 Å². The monoisotopic (exact) mass is 193 g/mol. The minimum absolute atomic E-state index is 0.0307. The Labute approximate surface area is 72.8 Å². The van der Waals surface area contributed by atoms with Gasteiger partial charge in [0, 0.05) is 0 Å².